The molecule has 0 unspecified atom stereocenters. The van der Waals surface area contributed by atoms with Crippen LogP contribution < -0.4 is 5.32 Å². The number of rotatable bonds is 6. The van der Waals surface area contributed by atoms with Gasteiger partial charge in [-0.05, 0) is 44.9 Å². The van der Waals surface area contributed by atoms with Crippen molar-refractivity contribution in [1.29, 1.82) is 0 Å². The summed E-state index contributed by atoms with van der Waals surface area (Å²) in [6.45, 7) is 8.01. The van der Waals surface area contributed by atoms with Crippen LogP contribution in [0.4, 0.5) is 0 Å². The summed E-state index contributed by atoms with van der Waals surface area (Å²) in [4.78, 5) is 12.0. The zero-order valence-electron chi connectivity index (χ0n) is 13.8. The standard InChI is InChI=1S/C16H21ClN4OS/c1-5-16(3,4)19-14(22)9-23-15-20-18-10-21(15)12-7-6-11(2)13(17)8-12/h6-8,10H,5,9H2,1-4H3,(H,19,22). The number of nitrogens with zero attached hydrogens (tertiary/aromatic N) is 3. The Bertz CT molecular complexity index is 699. The van der Waals surface area contributed by atoms with Gasteiger partial charge in [0, 0.05) is 10.6 Å². The summed E-state index contributed by atoms with van der Waals surface area (Å²) in [5.41, 5.74) is 1.69. The van der Waals surface area contributed by atoms with E-state index in [1.54, 1.807) is 6.33 Å². The first-order chi connectivity index (χ1) is 10.8. The molecule has 1 aromatic heterocycles. The molecule has 23 heavy (non-hydrogen) atoms. The van der Waals surface area contributed by atoms with Gasteiger partial charge in [-0.1, -0.05) is 36.4 Å². The molecule has 0 spiro atoms. The molecule has 0 aliphatic carbocycles. The van der Waals surface area contributed by atoms with Gasteiger partial charge in [0.2, 0.25) is 5.91 Å². The van der Waals surface area contributed by atoms with Crippen molar-refractivity contribution in [3.63, 3.8) is 0 Å². The average molecular weight is 353 g/mol. The topological polar surface area (TPSA) is 59.8 Å². The summed E-state index contributed by atoms with van der Waals surface area (Å²) >= 11 is 7.53. The van der Waals surface area contributed by atoms with Gasteiger partial charge < -0.3 is 5.32 Å². The fourth-order valence-corrected chi connectivity index (χ4v) is 2.77. The van der Waals surface area contributed by atoms with Gasteiger partial charge in [-0.15, -0.1) is 10.2 Å². The molecule has 1 amide bonds. The molecule has 0 atom stereocenters. The third-order valence-electron chi connectivity index (χ3n) is 3.64. The first kappa shape index (κ1) is 17.8. The van der Waals surface area contributed by atoms with Crippen LogP contribution in [0, 0.1) is 6.92 Å². The summed E-state index contributed by atoms with van der Waals surface area (Å²) in [6.07, 6.45) is 2.50. The highest BCUT2D eigenvalue weighted by atomic mass is 35.5. The second-order valence-electron chi connectivity index (χ2n) is 5.99. The molecule has 2 rings (SSSR count). The fourth-order valence-electron chi connectivity index (χ4n) is 1.86. The maximum Gasteiger partial charge on any atom is 0.230 e. The predicted molar refractivity (Wildman–Crippen MR) is 94.3 cm³/mol. The minimum Gasteiger partial charge on any atom is -0.351 e. The highest BCUT2D eigenvalue weighted by Crippen LogP contribution is 2.23. The fraction of sp³-hybridized carbons (Fsp3) is 0.438. The highest BCUT2D eigenvalue weighted by molar-refractivity contribution is 7.99. The smallest absolute Gasteiger partial charge is 0.230 e. The molecule has 0 aliphatic rings. The first-order valence-electron chi connectivity index (χ1n) is 7.43. The quantitative estimate of drug-likeness (QED) is 0.806. The minimum absolute atomic E-state index is 0.0154. The number of halogens is 1. The molecule has 2 aromatic rings. The molecular formula is C16H21ClN4OS. The number of aromatic nitrogens is 3. The number of hydrogen-bond acceptors (Lipinski definition) is 4. The van der Waals surface area contributed by atoms with Gasteiger partial charge in [-0.3, -0.25) is 9.36 Å². The Balaban J connectivity index is 2.07. The second-order valence-corrected chi connectivity index (χ2v) is 7.34. The molecule has 1 heterocycles. The van der Waals surface area contributed by atoms with E-state index in [9.17, 15) is 4.79 Å². The number of carbonyl (C=O) groups is 1. The highest BCUT2D eigenvalue weighted by Gasteiger charge is 2.18. The Labute approximate surface area is 145 Å². The zero-order chi connectivity index (χ0) is 17.0. The first-order valence-corrected chi connectivity index (χ1v) is 8.79. The van der Waals surface area contributed by atoms with Gasteiger partial charge in [-0.25, -0.2) is 0 Å². The molecule has 0 radical (unpaired) electrons. The Morgan fingerprint density at radius 2 is 2.17 bits per heavy atom. The van der Waals surface area contributed by atoms with Crippen LogP contribution in [0.5, 0.6) is 0 Å². The van der Waals surface area contributed by atoms with E-state index in [1.165, 1.54) is 11.8 Å². The summed E-state index contributed by atoms with van der Waals surface area (Å²) in [5.74, 6) is 0.278. The summed E-state index contributed by atoms with van der Waals surface area (Å²) < 4.78 is 1.83. The van der Waals surface area contributed by atoms with Gasteiger partial charge in [0.15, 0.2) is 5.16 Å². The van der Waals surface area contributed by atoms with E-state index in [-0.39, 0.29) is 11.4 Å². The van der Waals surface area contributed by atoms with Crippen molar-refractivity contribution in [1.82, 2.24) is 20.1 Å². The van der Waals surface area contributed by atoms with Crippen LogP contribution in [0.15, 0.2) is 29.7 Å². The third-order valence-corrected chi connectivity index (χ3v) is 4.99. The lowest BCUT2D eigenvalue weighted by atomic mass is 10.0. The van der Waals surface area contributed by atoms with Crippen molar-refractivity contribution in [3.8, 4) is 5.69 Å². The van der Waals surface area contributed by atoms with Crippen molar-refractivity contribution in [2.45, 2.75) is 44.8 Å². The van der Waals surface area contributed by atoms with E-state index in [4.69, 9.17) is 11.6 Å². The molecule has 5 nitrogen and oxygen atoms in total. The summed E-state index contributed by atoms with van der Waals surface area (Å²) in [6, 6.07) is 5.77. The van der Waals surface area contributed by atoms with Gasteiger partial charge in [-0.2, -0.15) is 0 Å². The number of hydrogen-bond donors (Lipinski definition) is 1. The van der Waals surface area contributed by atoms with Crippen molar-refractivity contribution in [2.24, 2.45) is 0 Å². The molecule has 0 saturated heterocycles. The SMILES string of the molecule is CCC(C)(C)NC(=O)CSc1nncn1-c1ccc(C)c(Cl)c1. The Morgan fingerprint density at radius 1 is 1.43 bits per heavy atom. The minimum atomic E-state index is -0.199. The van der Waals surface area contributed by atoms with E-state index in [2.05, 4.69) is 15.5 Å². The van der Waals surface area contributed by atoms with E-state index < -0.39 is 0 Å². The Hall–Kier alpha value is -1.53. The number of thioether (sulfide) groups is 1. The van der Waals surface area contributed by atoms with Crippen LogP contribution >= 0.6 is 23.4 Å². The molecule has 0 saturated carbocycles. The number of amides is 1. The lowest BCUT2D eigenvalue weighted by Crippen LogP contribution is -2.43. The number of carbonyl (C=O) groups excluding carboxylic acids is 1. The van der Waals surface area contributed by atoms with E-state index in [0.29, 0.717) is 15.9 Å². The molecule has 1 N–H and O–H groups in total. The van der Waals surface area contributed by atoms with Crippen LogP contribution in [0.2, 0.25) is 5.02 Å². The van der Waals surface area contributed by atoms with Crippen molar-refractivity contribution < 1.29 is 4.79 Å². The molecule has 124 valence electrons. The van der Waals surface area contributed by atoms with E-state index in [0.717, 1.165) is 17.7 Å². The number of benzene rings is 1. The normalized spacial score (nSPS) is 11.5. The molecule has 7 heteroatoms. The maximum atomic E-state index is 12.0. The second kappa shape index (κ2) is 7.36. The van der Waals surface area contributed by atoms with E-state index >= 15 is 0 Å². The zero-order valence-corrected chi connectivity index (χ0v) is 15.3. The molecule has 1 aromatic carbocycles. The van der Waals surface area contributed by atoms with Gasteiger partial charge in [0.05, 0.1) is 11.4 Å². The monoisotopic (exact) mass is 352 g/mol. The molecule has 0 bridgehead atoms. The van der Waals surface area contributed by atoms with Crippen LogP contribution in [0.3, 0.4) is 0 Å². The third kappa shape index (κ3) is 4.72. The number of aryl methyl sites for hydroxylation is 1. The van der Waals surface area contributed by atoms with Gasteiger partial charge in [0.25, 0.3) is 0 Å². The summed E-state index contributed by atoms with van der Waals surface area (Å²) in [7, 11) is 0. The largest absolute Gasteiger partial charge is 0.351 e. The maximum absolute atomic E-state index is 12.0. The lowest BCUT2D eigenvalue weighted by molar-refractivity contribution is -0.120. The van der Waals surface area contributed by atoms with E-state index in [1.807, 2.05) is 50.5 Å². The van der Waals surface area contributed by atoms with Crippen molar-refractivity contribution >= 4 is 29.3 Å². The Kier molecular flexibility index (Phi) is 5.70. The van der Waals surface area contributed by atoms with Gasteiger partial charge in [0.1, 0.15) is 6.33 Å². The van der Waals surface area contributed by atoms with Crippen molar-refractivity contribution in [3.05, 3.63) is 35.1 Å². The van der Waals surface area contributed by atoms with Crippen LogP contribution in [0.1, 0.15) is 32.8 Å². The Morgan fingerprint density at radius 3 is 2.83 bits per heavy atom. The predicted octanol–water partition coefficient (Wildman–Crippen LogP) is 3.63. The molecule has 0 aliphatic heterocycles. The lowest BCUT2D eigenvalue weighted by Gasteiger charge is -2.24. The van der Waals surface area contributed by atoms with Crippen LogP contribution in [-0.4, -0.2) is 32.0 Å². The van der Waals surface area contributed by atoms with Crippen LogP contribution in [0.25, 0.3) is 5.69 Å². The summed E-state index contributed by atoms with van der Waals surface area (Å²) in [5, 5.41) is 12.4. The average Bonchev–Trinajstić information content (AvgIpc) is 2.96. The van der Waals surface area contributed by atoms with Gasteiger partial charge >= 0.3 is 0 Å². The number of nitrogens with one attached hydrogen (secondary N) is 1. The molecular weight excluding hydrogens is 332 g/mol. The molecule has 0 fully saturated rings. The van der Waals surface area contributed by atoms with Crippen molar-refractivity contribution in [2.75, 3.05) is 5.75 Å². The van der Waals surface area contributed by atoms with Crippen LogP contribution in [-0.2, 0) is 4.79 Å².